The van der Waals surface area contributed by atoms with Gasteiger partial charge in [-0.05, 0) is 13.8 Å². The molecule has 0 bridgehead atoms. The van der Waals surface area contributed by atoms with Gasteiger partial charge in [0.2, 0.25) is 10.0 Å². The summed E-state index contributed by atoms with van der Waals surface area (Å²) in [4.78, 5) is 0.160. The van der Waals surface area contributed by atoms with Gasteiger partial charge in [0.1, 0.15) is 4.90 Å². The molecule has 1 rings (SSSR count). The summed E-state index contributed by atoms with van der Waals surface area (Å²) in [6.45, 7) is 5.04. The molecule has 0 spiro atoms. The Morgan fingerprint density at radius 1 is 1.59 bits per heavy atom. The molecule has 0 saturated heterocycles. The lowest BCUT2D eigenvalue weighted by Gasteiger charge is -2.11. The average molecular weight is 259 g/mol. The fourth-order valence-electron chi connectivity index (χ4n) is 1.35. The van der Waals surface area contributed by atoms with Gasteiger partial charge in [0.25, 0.3) is 0 Å². The third-order valence-corrected chi connectivity index (χ3v) is 4.13. The zero-order valence-electron chi connectivity index (χ0n) is 10.0. The standard InChI is InChI=1S/C9H17N5O2S/c1-5(9(10)11)4-12-17(15,16)8-6(2)13-14-7(8)3/h5,12H,4H2,1-3H3,(H3,10,11)(H,13,14). The minimum atomic E-state index is -3.60. The van der Waals surface area contributed by atoms with Crippen molar-refractivity contribution >= 4 is 15.9 Å². The molecule has 1 heterocycles. The molecule has 1 aromatic heterocycles. The number of nitrogens with one attached hydrogen (secondary N) is 3. The third kappa shape index (κ3) is 3.04. The van der Waals surface area contributed by atoms with Crippen molar-refractivity contribution in [1.29, 1.82) is 5.41 Å². The van der Waals surface area contributed by atoms with Gasteiger partial charge in [0, 0.05) is 12.5 Å². The van der Waals surface area contributed by atoms with Crippen LogP contribution in [0.15, 0.2) is 4.90 Å². The summed E-state index contributed by atoms with van der Waals surface area (Å²) in [5, 5.41) is 13.6. The Morgan fingerprint density at radius 2 is 2.18 bits per heavy atom. The first kappa shape index (κ1) is 13.7. The Bertz CT molecular complexity index is 500. The summed E-state index contributed by atoms with van der Waals surface area (Å²) in [5.74, 6) is -0.384. The SMILES string of the molecule is Cc1n[nH]c(C)c1S(=O)(=O)NCC(C)C(=N)N. The highest BCUT2D eigenvalue weighted by atomic mass is 32.2. The van der Waals surface area contributed by atoms with Gasteiger partial charge < -0.3 is 5.73 Å². The van der Waals surface area contributed by atoms with Crippen LogP contribution >= 0.6 is 0 Å². The number of rotatable bonds is 5. The molecule has 0 aliphatic carbocycles. The van der Waals surface area contributed by atoms with Crippen LogP contribution in [-0.4, -0.2) is 31.0 Å². The molecule has 17 heavy (non-hydrogen) atoms. The van der Waals surface area contributed by atoms with Gasteiger partial charge in [-0.3, -0.25) is 10.5 Å². The summed E-state index contributed by atoms with van der Waals surface area (Å²) in [7, 11) is -3.60. The number of aromatic nitrogens is 2. The smallest absolute Gasteiger partial charge is 0.244 e. The number of H-pyrrole nitrogens is 1. The van der Waals surface area contributed by atoms with E-state index >= 15 is 0 Å². The number of hydrogen-bond donors (Lipinski definition) is 4. The molecule has 0 fully saturated rings. The van der Waals surface area contributed by atoms with Gasteiger partial charge in [0.05, 0.1) is 17.2 Å². The fraction of sp³-hybridized carbons (Fsp3) is 0.556. The summed E-state index contributed by atoms with van der Waals surface area (Å²) >= 11 is 0. The fourth-order valence-corrected chi connectivity index (χ4v) is 2.85. The van der Waals surface area contributed by atoms with E-state index in [1.54, 1.807) is 20.8 Å². The number of nitrogens with two attached hydrogens (primary N) is 1. The van der Waals surface area contributed by atoms with Crippen LogP contribution in [0.2, 0.25) is 0 Å². The molecule has 5 N–H and O–H groups in total. The zero-order valence-corrected chi connectivity index (χ0v) is 10.9. The maximum atomic E-state index is 12.0. The zero-order chi connectivity index (χ0) is 13.2. The molecule has 7 nitrogen and oxygen atoms in total. The quantitative estimate of drug-likeness (QED) is 0.434. The van der Waals surface area contributed by atoms with Crippen LogP contribution in [0.1, 0.15) is 18.3 Å². The second kappa shape index (κ2) is 4.84. The van der Waals surface area contributed by atoms with Crippen molar-refractivity contribution < 1.29 is 8.42 Å². The molecular formula is C9H17N5O2S. The van der Waals surface area contributed by atoms with E-state index in [-0.39, 0.29) is 23.2 Å². The average Bonchev–Trinajstić information content (AvgIpc) is 2.55. The van der Waals surface area contributed by atoms with Crippen LogP contribution in [0.3, 0.4) is 0 Å². The van der Waals surface area contributed by atoms with Crippen LogP contribution in [-0.2, 0) is 10.0 Å². The van der Waals surface area contributed by atoms with Crippen LogP contribution < -0.4 is 10.5 Å². The first-order valence-corrected chi connectivity index (χ1v) is 6.59. The number of hydrogen-bond acceptors (Lipinski definition) is 4. The Balaban J connectivity index is 2.87. The lowest BCUT2D eigenvalue weighted by molar-refractivity contribution is 0.573. The molecule has 0 saturated carbocycles. The molecule has 0 aromatic carbocycles. The van der Waals surface area contributed by atoms with E-state index in [0.29, 0.717) is 11.4 Å². The molecule has 0 aliphatic heterocycles. The lowest BCUT2D eigenvalue weighted by atomic mass is 10.2. The number of nitrogens with zero attached hydrogens (tertiary/aromatic N) is 1. The van der Waals surface area contributed by atoms with E-state index in [9.17, 15) is 8.42 Å². The molecule has 0 aliphatic rings. The largest absolute Gasteiger partial charge is 0.387 e. The molecule has 8 heteroatoms. The first-order valence-electron chi connectivity index (χ1n) is 5.11. The van der Waals surface area contributed by atoms with E-state index in [2.05, 4.69) is 14.9 Å². The van der Waals surface area contributed by atoms with Gasteiger partial charge in [0.15, 0.2) is 0 Å². The van der Waals surface area contributed by atoms with Crippen LogP contribution in [0.4, 0.5) is 0 Å². The van der Waals surface area contributed by atoms with E-state index in [1.807, 2.05) is 0 Å². The monoisotopic (exact) mass is 259 g/mol. The normalized spacial score (nSPS) is 13.6. The highest BCUT2D eigenvalue weighted by Crippen LogP contribution is 2.16. The van der Waals surface area contributed by atoms with Crippen molar-refractivity contribution in [2.24, 2.45) is 11.7 Å². The van der Waals surface area contributed by atoms with Crippen molar-refractivity contribution in [2.75, 3.05) is 6.54 Å². The van der Waals surface area contributed by atoms with Gasteiger partial charge in [-0.15, -0.1) is 0 Å². The molecule has 0 amide bonds. The molecule has 96 valence electrons. The highest BCUT2D eigenvalue weighted by Gasteiger charge is 2.22. The summed E-state index contributed by atoms with van der Waals surface area (Å²) in [5.41, 5.74) is 6.19. The number of sulfonamides is 1. The molecule has 0 radical (unpaired) electrons. The number of amidine groups is 1. The predicted octanol–water partition coefficient (Wildman–Crippen LogP) is -0.123. The first-order chi connectivity index (χ1) is 7.75. The van der Waals surface area contributed by atoms with Crippen molar-refractivity contribution in [3.63, 3.8) is 0 Å². The van der Waals surface area contributed by atoms with Crippen molar-refractivity contribution in [1.82, 2.24) is 14.9 Å². The number of aromatic amines is 1. The Hall–Kier alpha value is -1.41. The Morgan fingerprint density at radius 3 is 2.59 bits per heavy atom. The van der Waals surface area contributed by atoms with Crippen LogP contribution in [0.25, 0.3) is 0 Å². The topological polar surface area (TPSA) is 125 Å². The maximum absolute atomic E-state index is 12.0. The van der Waals surface area contributed by atoms with E-state index < -0.39 is 10.0 Å². The van der Waals surface area contributed by atoms with Crippen molar-refractivity contribution in [3.05, 3.63) is 11.4 Å². The second-order valence-corrected chi connectivity index (χ2v) is 5.68. The molecular weight excluding hydrogens is 242 g/mol. The minimum Gasteiger partial charge on any atom is -0.387 e. The Labute approximate surface area is 100 Å². The van der Waals surface area contributed by atoms with Crippen molar-refractivity contribution in [2.45, 2.75) is 25.7 Å². The van der Waals surface area contributed by atoms with Crippen LogP contribution in [0.5, 0.6) is 0 Å². The van der Waals surface area contributed by atoms with E-state index in [0.717, 1.165) is 0 Å². The number of aryl methyl sites for hydroxylation is 2. The molecule has 1 aromatic rings. The van der Waals surface area contributed by atoms with E-state index in [1.165, 1.54) is 0 Å². The van der Waals surface area contributed by atoms with E-state index in [4.69, 9.17) is 11.1 Å². The Kier molecular flexibility index (Phi) is 3.89. The lowest BCUT2D eigenvalue weighted by Crippen LogP contribution is -2.34. The van der Waals surface area contributed by atoms with Gasteiger partial charge in [-0.2, -0.15) is 5.10 Å². The minimum absolute atomic E-state index is 0.0478. The second-order valence-electron chi connectivity index (χ2n) is 3.97. The van der Waals surface area contributed by atoms with Crippen molar-refractivity contribution in [3.8, 4) is 0 Å². The van der Waals surface area contributed by atoms with Gasteiger partial charge in [-0.25, -0.2) is 13.1 Å². The van der Waals surface area contributed by atoms with Gasteiger partial charge >= 0.3 is 0 Å². The van der Waals surface area contributed by atoms with Crippen LogP contribution in [0, 0.1) is 25.2 Å². The predicted molar refractivity (Wildman–Crippen MR) is 64.3 cm³/mol. The summed E-state index contributed by atoms with van der Waals surface area (Å²) in [6, 6.07) is 0. The third-order valence-electron chi connectivity index (χ3n) is 2.44. The molecule has 1 atom stereocenters. The summed E-state index contributed by atoms with van der Waals surface area (Å²) < 4.78 is 26.4. The highest BCUT2D eigenvalue weighted by molar-refractivity contribution is 7.89. The van der Waals surface area contributed by atoms with Gasteiger partial charge in [-0.1, -0.05) is 6.92 Å². The summed E-state index contributed by atoms with van der Waals surface area (Å²) in [6.07, 6.45) is 0. The maximum Gasteiger partial charge on any atom is 0.244 e. The molecule has 1 unspecified atom stereocenters.